The fraction of sp³-hybridized carbons (Fsp3) is 0.667. The zero-order valence-corrected chi connectivity index (χ0v) is 14.9. The lowest BCUT2D eigenvalue weighted by atomic mass is 10.1. The monoisotopic (exact) mass is 319 g/mol. The summed E-state index contributed by atoms with van der Waals surface area (Å²) in [5, 5.41) is 3.31. The Balaban J connectivity index is 2.03. The normalized spacial score (nSPS) is 18.3. The maximum absolute atomic E-state index is 12.4. The first-order valence-electron chi connectivity index (χ1n) is 8.45. The van der Waals surface area contributed by atoms with Crippen molar-refractivity contribution in [2.75, 3.05) is 18.4 Å². The molecule has 1 aromatic heterocycles. The van der Waals surface area contributed by atoms with Crippen LogP contribution in [0.5, 0.6) is 0 Å². The molecule has 0 radical (unpaired) electrons. The van der Waals surface area contributed by atoms with Crippen molar-refractivity contribution in [3.05, 3.63) is 23.9 Å². The topological polar surface area (TPSA) is 54.5 Å². The summed E-state index contributed by atoms with van der Waals surface area (Å²) < 4.78 is 5.52. The zero-order valence-electron chi connectivity index (χ0n) is 14.9. The van der Waals surface area contributed by atoms with E-state index in [1.165, 1.54) is 0 Å². The first-order chi connectivity index (χ1) is 10.8. The van der Waals surface area contributed by atoms with Gasteiger partial charge in [-0.3, -0.25) is 0 Å². The molecule has 5 nitrogen and oxygen atoms in total. The summed E-state index contributed by atoms with van der Waals surface area (Å²) >= 11 is 0. The van der Waals surface area contributed by atoms with E-state index in [4.69, 9.17) is 4.74 Å². The van der Waals surface area contributed by atoms with Crippen LogP contribution in [0, 0.1) is 5.92 Å². The predicted molar refractivity (Wildman–Crippen MR) is 92.5 cm³/mol. The highest BCUT2D eigenvalue weighted by Crippen LogP contribution is 2.33. The van der Waals surface area contributed by atoms with Gasteiger partial charge in [-0.25, -0.2) is 9.78 Å². The standard InChI is InChI=1S/C18H29N3O2/c1-13(2)11-19-16-9-8-14(12-20-16)15-7-6-10-21(15)17(22)23-18(3,4)5/h8-9,12-13,15H,6-7,10-11H2,1-5H3,(H,19,20). The van der Waals surface area contributed by atoms with Gasteiger partial charge in [0.25, 0.3) is 0 Å². The van der Waals surface area contributed by atoms with Crippen molar-refractivity contribution in [1.82, 2.24) is 9.88 Å². The summed E-state index contributed by atoms with van der Waals surface area (Å²) in [7, 11) is 0. The summed E-state index contributed by atoms with van der Waals surface area (Å²) in [6.07, 6.45) is 3.59. The number of aromatic nitrogens is 1. The molecule has 0 aliphatic carbocycles. The van der Waals surface area contributed by atoms with Crippen LogP contribution < -0.4 is 5.32 Å². The van der Waals surface area contributed by atoms with Crippen molar-refractivity contribution in [2.45, 2.75) is 59.1 Å². The summed E-state index contributed by atoms with van der Waals surface area (Å²) in [6, 6.07) is 4.11. The lowest BCUT2D eigenvalue weighted by molar-refractivity contribution is 0.0224. The highest BCUT2D eigenvalue weighted by Gasteiger charge is 2.33. The number of nitrogens with one attached hydrogen (secondary N) is 1. The first kappa shape index (κ1) is 17.6. The van der Waals surface area contributed by atoms with E-state index in [1.54, 1.807) is 0 Å². The largest absolute Gasteiger partial charge is 0.444 e. The average Bonchev–Trinajstić information content (AvgIpc) is 2.93. The lowest BCUT2D eigenvalue weighted by Gasteiger charge is -2.28. The van der Waals surface area contributed by atoms with Gasteiger partial charge < -0.3 is 15.0 Å². The average molecular weight is 319 g/mol. The van der Waals surface area contributed by atoms with Crippen LogP contribution in [0.2, 0.25) is 0 Å². The van der Waals surface area contributed by atoms with E-state index in [9.17, 15) is 4.79 Å². The van der Waals surface area contributed by atoms with E-state index < -0.39 is 5.60 Å². The second kappa shape index (κ2) is 7.20. The predicted octanol–water partition coefficient (Wildman–Crippen LogP) is 4.22. The molecule has 1 aliphatic heterocycles. The van der Waals surface area contributed by atoms with E-state index in [1.807, 2.05) is 37.9 Å². The number of carbonyl (C=O) groups is 1. The zero-order chi connectivity index (χ0) is 17.0. The highest BCUT2D eigenvalue weighted by atomic mass is 16.6. The minimum absolute atomic E-state index is 0.0662. The van der Waals surface area contributed by atoms with Gasteiger partial charge >= 0.3 is 6.09 Å². The summed E-state index contributed by atoms with van der Waals surface area (Å²) in [5.74, 6) is 1.46. The molecule has 23 heavy (non-hydrogen) atoms. The van der Waals surface area contributed by atoms with Gasteiger partial charge in [0.05, 0.1) is 6.04 Å². The molecule has 0 saturated carbocycles. The molecule has 0 spiro atoms. The Hall–Kier alpha value is -1.78. The Kier molecular flexibility index (Phi) is 5.50. The second-order valence-corrected chi connectivity index (χ2v) is 7.58. The van der Waals surface area contributed by atoms with E-state index >= 15 is 0 Å². The Morgan fingerprint density at radius 1 is 1.43 bits per heavy atom. The number of nitrogens with zero attached hydrogens (tertiary/aromatic N) is 2. The van der Waals surface area contributed by atoms with Crippen molar-refractivity contribution in [1.29, 1.82) is 0 Å². The smallest absolute Gasteiger partial charge is 0.410 e. The molecule has 1 saturated heterocycles. The molecule has 2 heterocycles. The van der Waals surface area contributed by atoms with E-state index in [2.05, 4.69) is 30.2 Å². The lowest BCUT2D eigenvalue weighted by Crippen LogP contribution is -2.36. The number of likely N-dealkylation sites (tertiary alicyclic amines) is 1. The summed E-state index contributed by atoms with van der Waals surface area (Å²) in [4.78, 5) is 18.7. The third-order valence-corrected chi connectivity index (χ3v) is 3.74. The third kappa shape index (κ3) is 5.12. The number of hydrogen-bond acceptors (Lipinski definition) is 4. The molecular weight excluding hydrogens is 290 g/mol. The van der Waals surface area contributed by atoms with Crippen LogP contribution in [0.4, 0.5) is 10.6 Å². The first-order valence-corrected chi connectivity index (χ1v) is 8.45. The molecule has 1 fully saturated rings. The summed E-state index contributed by atoms with van der Waals surface area (Å²) in [5.41, 5.74) is 0.607. The molecular formula is C18H29N3O2. The third-order valence-electron chi connectivity index (χ3n) is 3.74. The molecule has 1 N–H and O–H groups in total. The van der Waals surface area contributed by atoms with E-state index in [0.717, 1.165) is 37.3 Å². The van der Waals surface area contributed by atoms with E-state index in [-0.39, 0.29) is 12.1 Å². The van der Waals surface area contributed by atoms with Crippen molar-refractivity contribution in [3.63, 3.8) is 0 Å². The van der Waals surface area contributed by atoms with Crippen molar-refractivity contribution < 1.29 is 9.53 Å². The van der Waals surface area contributed by atoms with Crippen LogP contribution in [-0.2, 0) is 4.74 Å². The number of pyridine rings is 1. The van der Waals surface area contributed by atoms with Crippen LogP contribution in [0.3, 0.4) is 0 Å². The van der Waals surface area contributed by atoms with Crippen molar-refractivity contribution in [2.24, 2.45) is 5.92 Å². The number of amides is 1. The van der Waals surface area contributed by atoms with Crippen LogP contribution >= 0.6 is 0 Å². The summed E-state index contributed by atoms with van der Waals surface area (Å²) in [6.45, 7) is 11.7. The maximum Gasteiger partial charge on any atom is 0.410 e. The molecule has 0 aromatic carbocycles. The SMILES string of the molecule is CC(C)CNc1ccc(C2CCCN2C(=O)OC(C)(C)C)cn1. The molecule has 5 heteroatoms. The van der Waals surface area contributed by atoms with Gasteiger partial charge in [-0.1, -0.05) is 19.9 Å². The highest BCUT2D eigenvalue weighted by molar-refractivity contribution is 5.69. The molecule has 1 aliphatic rings. The van der Waals surface area contributed by atoms with Gasteiger partial charge in [0, 0.05) is 19.3 Å². The fourth-order valence-corrected chi connectivity index (χ4v) is 2.67. The molecule has 1 amide bonds. The minimum Gasteiger partial charge on any atom is -0.444 e. The van der Waals surface area contributed by atoms with Gasteiger partial charge in [0.1, 0.15) is 11.4 Å². The van der Waals surface area contributed by atoms with Gasteiger partial charge in [0.15, 0.2) is 0 Å². The quantitative estimate of drug-likeness (QED) is 0.902. The maximum atomic E-state index is 12.4. The molecule has 1 aromatic rings. The van der Waals surface area contributed by atoms with Gasteiger partial charge in [0.2, 0.25) is 0 Å². The van der Waals surface area contributed by atoms with Gasteiger partial charge in [-0.2, -0.15) is 0 Å². The van der Waals surface area contributed by atoms with Crippen LogP contribution in [0.15, 0.2) is 18.3 Å². The minimum atomic E-state index is -0.465. The molecule has 2 rings (SSSR count). The van der Waals surface area contributed by atoms with Crippen LogP contribution in [0.1, 0.15) is 59.1 Å². The van der Waals surface area contributed by atoms with Gasteiger partial charge in [-0.15, -0.1) is 0 Å². The van der Waals surface area contributed by atoms with Crippen LogP contribution in [-0.4, -0.2) is 34.7 Å². The number of carbonyl (C=O) groups excluding carboxylic acids is 1. The van der Waals surface area contributed by atoms with Gasteiger partial charge in [-0.05, 0) is 51.2 Å². The van der Waals surface area contributed by atoms with Crippen molar-refractivity contribution >= 4 is 11.9 Å². The molecule has 1 atom stereocenters. The number of hydrogen-bond donors (Lipinski definition) is 1. The number of ether oxygens (including phenoxy) is 1. The Labute approximate surface area is 139 Å². The van der Waals surface area contributed by atoms with E-state index in [0.29, 0.717) is 5.92 Å². The van der Waals surface area contributed by atoms with Crippen molar-refractivity contribution in [3.8, 4) is 0 Å². The van der Waals surface area contributed by atoms with Crippen LogP contribution in [0.25, 0.3) is 0 Å². The Morgan fingerprint density at radius 3 is 2.74 bits per heavy atom. The Morgan fingerprint density at radius 2 is 2.17 bits per heavy atom. The molecule has 128 valence electrons. The molecule has 0 bridgehead atoms. The second-order valence-electron chi connectivity index (χ2n) is 7.58. The Bertz CT molecular complexity index is 520. The molecule has 1 unspecified atom stereocenters. The fourth-order valence-electron chi connectivity index (χ4n) is 2.67. The number of anilines is 1. The number of rotatable bonds is 4.